The summed E-state index contributed by atoms with van der Waals surface area (Å²) in [4.78, 5) is 23.6. The second kappa shape index (κ2) is 7.47. The zero-order chi connectivity index (χ0) is 16.9. The molecule has 0 bridgehead atoms. The number of rotatable bonds is 5. The van der Waals surface area contributed by atoms with Gasteiger partial charge >= 0.3 is 0 Å². The maximum Gasteiger partial charge on any atom is 0.225 e. The quantitative estimate of drug-likeness (QED) is 0.911. The predicted octanol–water partition coefficient (Wildman–Crippen LogP) is 2.26. The molecule has 1 atom stereocenters. The number of hydrogen-bond donors (Lipinski definition) is 1. The molecule has 6 nitrogen and oxygen atoms in total. The van der Waals surface area contributed by atoms with Crippen LogP contribution in [0.5, 0.6) is 0 Å². The Labute approximate surface area is 142 Å². The molecular weight excluding hydrogens is 304 g/mol. The molecule has 1 saturated heterocycles. The van der Waals surface area contributed by atoms with Gasteiger partial charge in [0.2, 0.25) is 11.9 Å². The number of piperidine rings is 1. The highest BCUT2D eigenvalue weighted by Gasteiger charge is 2.27. The lowest BCUT2D eigenvalue weighted by molar-refractivity contribution is -0.125. The Morgan fingerprint density at radius 2 is 2.17 bits per heavy atom. The molecule has 0 spiro atoms. The minimum atomic E-state index is -0.0141. The van der Waals surface area contributed by atoms with Gasteiger partial charge in [-0.1, -0.05) is 0 Å². The fourth-order valence-corrected chi connectivity index (χ4v) is 3.13. The van der Waals surface area contributed by atoms with Crippen molar-refractivity contribution >= 4 is 11.9 Å². The Bertz CT molecular complexity index is 664. The molecule has 0 saturated carbocycles. The van der Waals surface area contributed by atoms with Crippen LogP contribution in [0.4, 0.5) is 5.95 Å². The van der Waals surface area contributed by atoms with Crippen molar-refractivity contribution in [2.45, 2.75) is 33.1 Å². The van der Waals surface area contributed by atoms with Gasteiger partial charge in [0.15, 0.2) is 0 Å². The van der Waals surface area contributed by atoms with Gasteiger partial charge < -0.3 is 14.6 Å². The second-order valence-corrected chi connectivity index (χ2v) is 6.36. The van der Waals surface area contributed by atoms with Crippen molar-refractivity contribution in [2.75, 3.05) is 24.5 Å². The molecule has 0 aliphatic carbocycles. The van der Waals surface area contributed by atoms with E-state index in [0.29, 0.717) is 13.1 Å². The first-order chi connectivity index (χ1) is 11.6. The van der Waals surface area contributed by atoms with E-state index in [1.54, 1.807) is 6.26 Å². The first-order valence-corrected chi connectivity index (χ1v) is 8.49. The molecule has 2 aromatic heterocycles. The summed E-state index contributed by atoms with van der Waals surface area (Å²) in [7, 11) is 0. The Morgan fingerprint density at radius 1 is 1.38 bits per heavy atom. The molecule has 3 heterocycles. The monoisotopic (exact) mass is 328 g/mol. The molecule has 3 rings (SSSR count). The van der Waals surface area contributed by atoms with E-state index in [4.69, 9.17) is 4.42 Å². The van der Waals surface area contributed by atoms with Gasteiger partial charge in [-0.05, 0) is 44.9 Å². The molecule has 6 heteroatoms. The minimum Gasteiger partial charge on any atom is -0.469 e. The number of aryl methyl sites for hydroxylation is 2. The van der Waals surface area contributed by atoms with Gasteiger partial charge in [0.25, 0.3) is 0 Å². The van der Waals surface area contributed by atoms with E-state index < -0.39 is 0 Å². The molecule has 1 aliphatic rings. The van der Waals surface area contributed by atoms with Gasteiger partial charge in [-0.25, -0.2) is 9.97 Å². The molecule has 1 unspecified atom stereocenters. The van der Waals surface area contributed by atoms with E-state index in [9.17, 15) is 4.79 Å². The molecule has 1 amide bonds. The lowest BCUT2D eigenvalue weighted by Crippen LogP contribution is -2.44. The zero-order valence-electron chi connectivity index (χ0n) is 14.3. The summed E-state index contributed by atoms with van der Waals surface area (Å²) in [5.41, 5.74) is 1.92. The summed E-state index contributed by atoms with van der Waals surface area (Å²) in [6.45, 7) is 6.12. The average Bonchev–Trinajstić information content (AvgIpc) is 3.07. The SMILES string of the molecule is Cc1cc(C)nc(N2CCCC(C(=O)NCCc3ccco3)C2)n1. The van der Waals surface area contributed by atoms with Gasteiger partial charge in [0, 0.05) is 37.4 Å². The largest absolute Gasteiger partial charge is 0.469 e. The van der Waals surface area contributed by atoms with Crippen LogP contribution in [0.25, 0.3) is 0 Å². The first-order valence-electron chi connectivity index (χ1n) is 8.49. The molecule has 1 aliphatic heterocycles. The van der Waals surface area contributed by atoms with Crippen LogP contribution >= 0.6 is 0 Å². The molecule has 24 heavy (non-hydrogen) atoms. The van der Waals surface area contributed by atoms with Gasteiger partial charge in [-0.3, -0.25) is 4.79 Å². The van der Waals surface area contributed by atoms with Gasteiger partial charge in [0.1, 0.15) is 5.76 Å². The maximum absolute atomic E-state index is 12.4. The zero-order valence-corrected chi connectivity index (χ0v) is 14.3. The third-order valence-electron chi connectivity index (χ3n) is 4.30. The summed E-state index contributed by atoms with van der Waals surface area (Å²) in [6.07, 6.45) is 4.26. The molecule has 0 radical (unpaired) electrons. The topological polar surface area (TPSA) is 71.3 Å². The van der Waals surface area contributed by atoms with Crippen molar-refractivity contribution in [3.05, 3.63) is 41.6 Å². The van der Waals surface area contributed by atoms with Gasteiger partial charge in [0.05, 0.1) is 12.2 Å². The summed E-state index contributed by atoms with van der Waals surface area (Å²) >= 11 is 0. The van der Waals surface area contributed by atoms with Crippen LogP contribution < -0.4 is 10.2 Å². The van der Waals surface area contributed by atoms with Crippen LogP contribution in [0.2, 0.25) is 0 Å². The van der Waals surface area contributed by atoms with Crippen molar-refractivity contribution in [3.8, 4) is 0 Å². The smallest absolute Gasteiger partial charge is 0.225 e. The normalized spacial score (nSPS) is 17.8. The maximum atomic E-state index is 12.4. The fraction of sp³-hybridized carbons (Fsp3) is 0.500. The van der Waals surface area contributed by atoms with E-state index in [0.717, 1.165) is 48.9 Å². The fourth-order valence-electron chi connectivity index (χ4n) is 3.13. The van der Waals surface area contributed by atoms with E-state index in [1.807, 2.05) is 32.0 Å². The van der Waals surface area contributed by atoms with Crippen LogP contribution in [-0.4, -0.2) is 35.5 Å². The number of furan rings is 1. The Morgan fingerprint density at radius 3 is 2.88 bits per heavy atom. The summed E-state index contributed by atoms with van der Waals surface area (Å²) in [5.74, 6) is 1.72. The third-order valence-corrected chi connectivity index (χ3v) is 4.30. The van der Waals surface area contributed by atoms with E-state index in [1.165, 1.54) is 0 Å². The second-order valence-electron chi connectivity index (χ2n) is 6.36. The van der Waals surface area contributed by atoms with Crippen molar-refractivity contribution in [1.29, 1.82) is 0 Å². The van der Waals surface area contributed by atoms with Crippen LogP contribution in [0.3, 0.4) is 0 Å². The van der Waals surface area contributed by atoms with Crippen LogP contribution in [-0.2, 0) is 11.2 Å². The number of amides is 1. The summed E-state index contributed by atoms with van der Waals surface area (Å²) in [6, 6.07) is 5.75. The number of nitrogens with one attached hydrogen (secondary N) is 1. The van der Waals surface area contributed by atoms with Crippen molar-refractivity contribution in [3.63, 3.8) is 0 Å². The Hall–Kier alpha value is -2.37. The Balaban J connectivity index is 1.55. The minimum absolute atomic E-state index is 0.0141. The molecule has 2 aromatic rings. The number of carbonyl (C=O) groups is 1. The highest BCUT2D eigenvalue weighted by Crippen LogP contribution is 2.21. The average molecular weight is 328 g/mol. The highest BCUT2D eigenvalue weighted by atomic mass is 16.3. The van der Waals surface area contributed by atoms with E-state index in [-0.39, 0.29) is 11.8 Å². The van der Waals surface area contributed by atoms with Crippen molar-refractivity contribution < 1.29 is 9.21 Å². The molecular formula is C18H24N4O2. The number of aromatic nitrogens is 2. The predicted molar refractivity (Wildman–Crippen MR) is 91.9 cm³/mol. The standard InChI is InChI=1S/C18H24N4O2/c1-13-11-14(2)21-18(20-13)22-9-3-5-15(12-22)17(23)19-8-7-16-6-4-10-24-16/h4,6,10-11,15H,3,5,7-9,12H2,1-2H3,(H,19,23). The lowest BCUT2D eigenvalue weighted by atomic mass is 9.97. The third kappa shape index (κ3) is 4.13. The number of nitrogens with zero attached hydrogens (tertiary/aromatic N) is 3. The van der Waals surface area contributed by atoms with Crippen molar-refractivity contribution in [2.24, 2.45) is 5.92 Å². The number of anilines is 1. The molecule has 1 fully saturated rings. The lowest BCUT2D eigenvalue weighted by Gasteiger charge is -2.32. The van der Waals surface area contributed by atoms with Crippen molar-refractivity contribution in [1.82, 2.24) is 15.3 Å². The summed E-state index contributed by atoms with van der Waals surface area (Å²) < 4.78 is 5.28. The molecule has 0 aromatic carbocycles. The van der Waals surface area contributed by atoms with Gasteiger partial charge in [-0.2, -0.15) is 0 Å². The number of hydrogen-bond acceptors (Lipinski definition) is 5. The van der Waals surface area contributed by atoms with Crippen LogP contribution in [0.1, 0.15) is 30.0 Å². The van der Waals surface area contributed by atoms with Crippen LogP contribution in [0.15, 0.2) is 28.9 Å². The van der Waals surface area contributed by atoms with E-state index in [2.05, 4.69) is 20.2 Å². The highest BCUT2D eigenvalue weighted by molar-refractivity contribution is 5.79. The molecule has 1 N–H and O–H groups in total. The van der Waals surface area contributed by atoms with Gasteiger partial charge in [-0.15, -0.1) is 0 Å². The summed E-state index contributed by atoms with van der Waals surface area (Å²) in [5, 5.41) is 3.02. The Kier molecular flexibility index (Phi) is 5.13. The first kappa shape index (κ1) is 16.5. The molecule has 128 valence electrons. The number of carbonyl (C=O) groups excluding carboxylic acids is 1. The van der Waals surface area contributed by atoms with Crippen LogP contribution in [0, 0.1) is 19.8 Å². The van der Waals surface area contributed by atoms with E-state index >= 15 is 0 Å².